The number of hydrogen-bond donors (Lipinski definition) is 2. The number of nitrogens with zero attached hydrogens (tertiary/aromatic N) is 2. The van der Waals surface area contributed by atoms with Crippen LogP contribution in [0.5, 0.6) is 0 Å². The minimum absolute atomic E-state index is 0.0571. The number of carboxylic acid groups (broad SMARTS) is 1. The molecule has 1 unspecified atom stereocenters. The Morgan fingerprint density at radius 1 is 1.56 bits per heavy atom. The van der Waals surface area contributed by atoms with Gasteiger partial charge in [0.05, 0.1) is 10.5 Å². The SMILES string of the molecule is NC1CCN(c2c(C(=O)O)cccc2[N+](=O)[O-])C1. The topological polar surface area (TPSA) is 110 Å². The normalized spacial score (nSPS) is 18.9. The van der Waals surface area contributed by atoms with Crippen molar-refractivity contribution in [1.82, 2.24) is 0 Å². The minimum atomic E-state index is -1.17. The van der Waals surface area contributed by atoms with Crippen molar-refractivity contribution in [2.45, 2.75) is 12.5 Å². The number of carboxylic acids is 1. The van der Waals surface area contributed by atoms with Crippen molar-refractivity contribution in [2.24, 2.45) is 5.73 Å². The highest BCUT2D eigenvalue weighted by atomic mass is 16.6. The molecule has 2 rings (SSSR count). The van der Waals surface area contributed by atoms with E-state index in [0.717, 1.165) is 0 Å². The van der Waals surface area contributed by atoms with Crippen LogP contribution in [0.2, 0.25) is 0 Å². The number of nitro groups is 1. The van der Waals surface area contributed by atoms with Crippen LogP contribution in [0.25, 0.3) is 0 Å². The van der Waals surface area contributed by atoms with Crippen LogP contribution in [-0.4, -0.2) is 35.1 Å². The third-order valence-corrected chi connectivity index (χ3v) is 2.98. The second kappa shape index (κ2) is 4.61. The van der Waals surface area contributed by atoms with Crippen molar-refractivity contribution >= 4 is 17.3 Å². The average Bonchev–Trinajstić information content (AvgIpc) is 2.74. The summed E-state index contributed by atoms with van der Waals surface area (Å²) in [7, 11) is 0. The quantitative estimate of drug-likeness (QED) is 0.608. The first-order valence-electron chi connectivity index (χ1n) is 5.52. The van der Waals surface area contributed by atoms with Gasteiger partial charge in [0.1, 0.15) is 5.69 Å². The summed E-state index contributed by atoms with van der Waals surface area (Å²) in [6.07, 6.45) is 0.700. The molecular formula is C11H13N3O4. The van der Waals surface area contributed by atoms with E-state index in [2.05, 4.69) is 0 Å². The molecule has 1 saturated heterocycles. The second-order valence-electron chi connectivity index (χ2n) is 4.23. The summed E-state index contributed by atoms with van der Waals surface area (Å²) in [5, 5.41) is 20.1. The summed E-state index contributed by atoms with van der Waals surface area (Å²) in [6, 6.07) is 3.98. The fraction of sp³-hybridized carbons (Fsp3) is 0.364. The number of carbonyl (C=O) groups is 1. The Labute approximate surface area is 103 Å². The predicted octanol–water partition coefficient (Wildman–Crippen LogP) is 0.830. The van der Waals surface area contributed by atoms with Gasteiger partial charge >= 0.3 is 5.97 Å². The lowest BCUT2D eigenvalue weighted by Gasteiger charge is -2.19. The lowest BCUT2D eigenvalue weighted by atomic mass is 10.1. The van der Waals surface area contributed by atoms with Gasteiger partial charge in [0.2, 0.25) is 0 Å². The number of benzene rings is 1. The van der Waals surface area contributed by atoms with Crippen molar-refractivity contribution < 1.29 is 14.8 Å². The van der Waals surface area contributed by atoms with Crippen molar-refractivity contribution in [3.05, 3.63) is 33.9 Å². The molecule has 18 heavy (non-hydrogen) atoms. The number of aromatic carboxylic acids is 1. The first kappa shape index (κ1) is 12.3. The molecule has 1 aliphatic heterocycles. The van der Waals surface area contributed by atoms with Crippen LogP contribution >= 0.6 is 0 Å². The van der Waals surface area contributed by atoms with Crippen molar-refractivity contribution in [3.8, 4) is 0 Å². The number of nitro benzene ring substituents is 1. The maximum absolute atomic E-state index is 11.2. The first-order valence-corrected chi connectivity index (χ1v) is 5.52. The van der Waals surface area contributed by atoms with Gasteiger partial charge in [-0.2, -0.15) is 0 Å². The number of rotatable bonds is 3. The van der Waals surface area contributed by atoms with Crippen LogP contribution in [0.4, 0.5) is 11.4 Å². The lowest BCUT2D eigenvalue weighted by molar-refractivity contribution is -0.384. The van der Waals surface area contributed by atoms with E-state index in [1.165, 1.54) is 18.2 Å². The molecule has 1 aromatic rings. The number of para-hydroxylation sites is 1. The monoisotopic (exact) mass is 251 g/mol. The van der Waals surface area contributed by atoms with Crippen LogP contribution in [0.15, 0.2) is 18.2 Å². The fourth-order valence-electron chi connectivity index (χ4n) is 2.17. The second-order valence-corrected chi connectivity index (χ2v) is 4.23. The highest BCUT2D eigenvalue weighted by Gasteiger charge is 2.30. The predicted molar refractivity (Wildman–Crippen MR) is 64.9 cm³/mol. The van der Waals surface area contributed by atoms with E-state index in [4.69, 9.17) is 10.8 Å². The molecule has 1 fully saturated rings. The fourth-order valence-corrected chi connectivity index (χ4v) is 2.17. The van der Waals surface area contributed by atoms with E-state index in [1.54, 1.807) is 4.90 Å². The van der Waals surface area contributed by atoms with Gasteiger partial charge in [0.15, 0.2) is 0 Å². The van der Waals surface area contributed by atoms with Gasteiger partial charge in [-0.25, -0.2) is 4.79 Å². The van der Waals surface area contributed by atoms with Crippen LogP contribution in [0.1, 0.15) is 16.8 Å². The van der Waals surface area contributed by atoms with Gasteiger partial charge in [-0.05, 0) is 12.5 Å². The van der Waals surface area contributed by atoms with E-state index < -0.39 is 10.9 Å². The zero-order chi connectivity index (χ0) is 13.3. The molecule has 0 aliphatic carbocycles. The molecule has 1 heterocycles. The van der Waals surface area contributed by atoms with E-state index in [1.807, 2.05) is 0 Å². The highest BCUT2D eigenvalue weighted by molar-refractivity contribution is 5.97. The molecular weight excluding hydrogens is 238 g/mol. The van der Waals surface area contributed by atoms with Crippen molar-refractivity contribution in [3.63, 3.8) is 0 Å². The molecule has 0 bridgehead atoms. The van der Waals surface area contributed by atoms with Gasteiger partial charge in [-0.3, -0.25) is 10.1 Å². The zero-order valence-electron chi connectivity index (χ0n) is 9.57. The van der Waals surface area contributed by atoms with Crippen LogP contribution in [0.3, 0.4) is 0 Å². The molecule has 1 aliphatic rings. The Kier molecular flexibility index (Phi) is 3.15. The van der Waals surface area contributed by atoms with E-state index in [-0.39, 0.29) is 23.0 Å². The van der Waals surface area contributed by atoms with E-state index >= 15 is 0 Å². The molecule has 0 saturated carbocycles. The Morgan fingerprint density at radius 3 is 2.78 bits per heavy atom. The molecule has 3 N–H and O–H groups in total. The van der Waals surface area contributed by atoms with Crippen molar-refractivity contribution in [2.75, 3.05) is 18.0 Å². The van der Waals surface area contributed by atoms with Crippen LogP contribution in [-0.2, 0) is 0 Å². The number of anilines is 1. The van der Waals surface area contributed by atoms with E-state index in [9.17, 15) is 14.9 Å². The Hall–Kier alpha value is -2.15. The van der Waals surface area contributed by atoms with Crippen LogP contribution < -0.4 is 10.6 Å². The van der Waals surface area contributed by atoms with Crippen molar-refractivity contribution in [1.29, 1.82) is 0 Å². The Balaban J connectivity index is 2.53. The van der Waals surface area contributed by atoms with Gasteiger partial charge < -0.3 is 15.7 Å². The number of nitrogens with two attached hydrogens (primary N) is 1. The maximum Gasteiger partial charge on any atom is 0.338 e. The minimum Gasteiger partial charge on any atom is -0.478 e. The lowest BCUT2D eigenvalue weighted by Crippen LogP contribution is -2.28. The molecule has 7 heteroatoms. The molecule has 0 amide bonds. The van der Waals surface area contributed by atoms with Gasteiger partial charge in [0, 0.05) is 25.2 Å². The summed E-state index contributed by atoms with van der Waals surface area (Å²) in [5.41, 5.74) is 5.66. The molecule has 7 nitrogen and oxygen atoms in total. The Morgan fingerprint density at radius 2 is 2.28 bits per heavy atom. The summed E-state index contributed by atoms with van der Waals surface area (Å²) in [5.74, 6) is -1.17. The molecule has 1 aromatic carbocycles. The third-order valence-electron chi connectivity index (χ3n) is 2.98. The average molecular weight is 251 g/mol. The smallest absolute Gasteiger partial charge is 0.338 e. The molecule has 96 valence electrons. The number of hydrogen-bond acceptors (Lipinski definition) is 5. The Bertz CT molecular complexity index is 471. The van der Waals surface area contributed by atoms with Gasteiger partial charge in [0.25, 0.3) is 5.69 Å². The molecule has 0 spiro atoms. The largest absolute Gasteiger partial charge is 0.478 e. The molecule has 1 atom stereocenters. The first-order chi connectivity index (χ1) is 8.50. The molecule has 0 aromatic heterocycles. The van der Waals surface area contributed by atoms with Crippen LogP contribution in [0, 0.1) is 10.1 Å². The van der Waals surface area contributed by atoms with E-state index in [0.29, 0.717) is 19.5 Å². The summed E-state index contributed by atoms with van der Waals surface area (Å²) in [6.45, 7) is 0.970. The van der Waals surface area contributed by atoms with Gasteiger partial charge in [-0.15, -0.1) is 0 Å². The maximum atomic E-state index is 11.2. The van der Waals surface area contributed by atoms with Gasteiger partial charge in [-0.1, -0.05) is 6.07 Å². The summed E-state index contributed by atoms with van der Waals surface area (Å²) >= 11 is 0. The summed E-state index contributed by atoms with van der Waals surface area (Å²) in [4.78, 5) is 23.3. The molecule has 0 radical (unpaired) electrons. The zero-order valence-corrected chi connectivity index (χ0v) is 9.57. The standard InChI is InChI=1S/C11H13N3O4/c12-7-4-5-13(6-7)10-8(11(15)16)2-1-3-9(10)14(17)18/h1-3,7H,4-6,12H2,(H,15,16). The summed E-state index contributed by atoms with van der Waals surface area (Å²) < 4.78 is 0. The third kappa shape index (κ3) is 2.12. The highest BCUT2D eigenvalue weighted by Crippen LogP contribution is 2.34.